The number of aromatic nitrogens is 1. The van der Waals surface area contributed by atoms with E-state index < -0.39 is 35.7 Å². The Morgan fingerprint density at radius 1 is 1.07 bits per heavy atom. The average Bonchev–Trinajstić information content (AvgIpc) is 3.52. The van der Waals surface area contributed by atoms with Crippen molar-refractivity contribution in [2.24, 2.45) is 5.92 Å². The van der Waals surface area contributed by atoms with Crippen LogP contribution in [-0.2, 0) is 19.1 Å². The summed E-state index contributed by atoms with van der Waals surface area (Å²) in [5.74, 6) is -0.742. The highest BCUT2D eigenvalue weighted by atomic mass is 16.6. The summed E-state index contributed by atoms with van der Waals surface area (Å²) in [6.07, 6.45) is 2.75. The van der Waals surface area contributed by atoms with Gasteiger partial charge in [0.1, 0.15) is 17.7 Å². The molecule has 210 valence electrons. The van der Waals surface area contributed by atoms with E-state index >= 15 is 0 Å². The number of amides is 2. The number of hydrogen-bond acceptors (Lipinski definition) is 7. The molecule has 2 fully saturated rings. The van der Waals surface area contributed by atoms with Crippen LogP contribution in [0.15, 0.2) is 61.2 Å². The van der Waals surface area contributed by atoms with Gasteiger partial charge in [-0.1, -0.05) is 55.8 Å². The van der Waals surface area contributed by atoms with Crippen LogP contribution in [0.3, 0.4) is 0 Å². The Bertz CT molecular complexity index is 1440. The maximum atomic E-state index is 13.6. The highest BCUT2D eigenvalue weighted by molar-refractivity contribution is 6.07. The molecule has 1 aliphatic heterocycles. The molecule has 0 radical (unpaired) electrons. The highest BCUT2D eigenvalue weighted by Gasteiger charge is 2.62. The molecule has 2 aliphatic rings. The number of unbranched alkanes of at least 4 members (excludes halogenated alkanes) is 1. The summed E-state index contributed by atoms with van der Waals surface area (Å²) in [5.41, 5.74) is -0.373. The molecule has 1 saturated heterocycles. The van der Waals surface area contributed by atoms with Crippen molar-refractivity contribution in [3.05, 3.63) is 61.2 Å². The Kier molecular flexibility index (Phi) is 7.91. The van der Waals surface area contributed by atoms with Crippen LogP contribution in [0, 0.1) is 5.92 Å². The van der Waals surface area contributed by atoms with Crippen LogP contribution in [0.25, 0.3) is 21.7 Å². The Morgan fingerprint density at radius 2 is 1.80 bits per heavy atom. The molecule has 2 heterocycles. The molecule has 5 rings (SSSR count). The number of carbonyl (C=O) groups excluding carboxylic acids is 3. The van der Waals surface area contributed by atoms with Crippen LogP contribution in [0.1, 0.15) is 39.5 Å². The Labute approximate surface area is 233 Å². The van der Waals surface area contributed by atoms with Gasteiger partial charge >= 0.3 is 12.1 Å². The number of benzene rings is 2. The first-order chi connectivity index (χ1) is 19.4. The number of likely N-dealkylation sites (tertiary alicyclic amines) is 1. The molecule has 1 aliphatic carbocycles. The van der Waals surface area contributed by atoms with E-state index in [1.54, 1.807) is 13.0 Å². The molecular weight excluding hydrogens is 510 g/mol. The van der Waals surface area contributed by atoms with E-state index in [1.165, 1.54) is 4.90 Å². The molecule has 9 heteroatoms. The van der Waals surface area contributed by atoms with E-state index in [0.29, 0.717) is 12.3 Å². The van der Waals surface area contributed by atoms with Gasteiger partial charge in [0.25, 0.3) is 0 Å². The fourth-order valence-corrected chi connectivity index (χ4v) is 5.41. The molecule has 1 N–H and O–H groups in total. The van der Waals surface area contributed by atoms with Gasteiger partial charge < -0.3 is 19.5 Å². The second-order valence-corrected chi connectivity index (χ2v) is 10.3. The minimum absolute atomic E-state index is 0.142. The summed E-state index contributed by atoms with van der Waals surface area (Å²) in [4.78, 5) is 45.6. The summed E-state index contributed by atoms with van der Waals surface area (Å²) < 4.78 is 17.1. The number of para-hydroxylation sites is 1. The van der Waals surface area contributed by atoms with Crippen molar-refractivity contribution in [1.29, 1.82) is 0 Å². The van der Waals surface area contributed by atoms with Crippen LogP contribution in [0.2, 0.25) is 0 Å². The second-order valence-electron chi connectivity index (χ2n) is 10.3. The molecule has 4 atom stereocenters. The molecule has 9 nitrogen and oxygen atoms in total. The third-order valence-corrected chi connectivity index (χ3v) is 7.66. The monoisotopic (exact) mass is 545 g/mol. The van der Waals surface area contributed by atoms with Gasteiger partial charge in [0.15, 0.2) is 0 Å². The molecule has 2 aromatic carbocycles. The zero-order chi connectivity index (χ0) is 28.3. The predicted molar refractivity (Wildman–Crippen MR) is 151 cm³/mol. The number of rotatable bonds is 10. The van der Waals surface area contributed by atoms with E-state index in [0.717, 1.165) is 34.5 Å². The van der Waals surface area contributed by atoms with Crippen LogP contribution in [-0.4, -0.2) is 65.3 Å². The van der Waals surface area contributed by atoms with Gasteiger partial charge in [0.2, 0.25) is 11.8 Å². The van der Waals surface area contributed by atoms with E-state index in [1.807, 2.05) is 55.5 Å². The number of esters is 1. The topological polar surface area (TPSA) is 107 Å². The quantitative estimate of drug-likeness (QED) is 0.169. The fourth-order valence-electron chi connectivity index (χ4n) is 5.41. The lowest BCUT2D eigenvalue weighted by Crippen LogP contribution is -2.53. The summed E-state index contributed by atoms with van der Waals surface area (Å²) in [6, 6.07) is 14.8. The second kappa shape index (κ2) is 11.5. The highest BCUT2D eigenvalue weighted by Crippen LogP contribution is 2.45. The van der Waals surface area contributed by atoms with E-state index in [9.17, 15) is 14.4 Å². The van der Waals surface area contributed by atoms with Gasteiger partial charge in [-0.25, -0.2) is 14.6 Å². The van der Waals surface area contributed by atoms with Crippen LogP contribution in [0.5, 0.6) is 5.88 Å². The van der Waals surface area contributed by atoms with Gasteiger partial charge in [-0.05, 0) is 37.3 Å². The zero-order valence-corrected chi connectivity index (χ0v) is 22.9. The van der Waals surface area contributed by atoms with Gasteiger partial charge in [-0.2, -0.15) is 0 Å². The maximum absolute atomic E-state index is 13.6. The third-order valence-electron chi connectivity index (χ3n) is 7.66. The molecule has 40 heavy (non-hydrogen) atoms. The van der Waals surface area contributed by atoms with Crippen molar-refractivity contribution >= 4 is 39.6 Å². The smallest absolute Gasteiger partial charge is 0.410 e. The van der Waals surface area contributed by atoms with Crippen molar-refractivity contribution in [3.63, 3.8) is 0 Å². The summed E-state index contributed by atoms with van der Waals surface area (Å²) in [7, 11) is 0. The van der Waals surface area contributed by atoms with Crippen LogP contribution < -0.4 is 10.1 Å². The molecule has 1 aromatic heterocycles. The van der Waals surface area contributed by atoms with Gasteiger partial charge in [0.05, 0.1) is 25.3 Å². The largest absolute Gasteiger partial charge is 0.472 e. The molecule has 0 bridgehead atoms. The van der Waals surface area contributed by atoms with Crippen LogP contribution in [0.4, 0.5) is 4.79 Å². The molecule has 2 unspecified atom stereocenters. The predicted octanol–water partition coefficient (Wildman–Crippen LogP) is 4.77. The fraction of sp³-hybridized carbons (Fsp3) is 0.419. The van der Waals surface area contributed by atoms with Crippen molar-refractivity contribution in [2.75, 3.05) is 19.8 Å². The lowest BCUT2D eigenvalue weighted by molar-refractivity contribution is -0.149. The van der Waals surface area contributed by atoms with Crippen molar-refractivity contribution < 1.29 is 28.6 Å². The normalized spacial score (nSPS) is 23.6. The molecular formula is C31H35N3O6. The lowest BCUT2D eigenvalue weighted by atomic mass is 10.1. The molecule has 3 aromatic rings. The van der Waals surface area contributed by atoms with E-state index in [-0.39, 0.29) is 32.1 Å². The molecule has 2 amide bonds. The Balaban J connectivity index is 1.41. The summed E-state index contributed by atoms with van der Waals surface area (Å²) in [5, 5.41) is 5.75. The Morgan fingerprint density at radius 3 is 2.50 bits per heavy atom. The van der Waals surface area contributed by atoms with Crippen LogP contribution >= 0.6 is 0 Å². The number of hydrogen-bond donors (Lipinski definition) is 1. The summed E-state index contributed by atoms with van der Waals surface area (Å²) >= 11 is 0. The first kappa shape index (κ1) is 27.4. The molecule has 0 spiro atoms. The van der Waals surface area contributed by atoms with E-state index in [2.05, 4.69) is 11.9 Å². The standard InChI is InChI=1S/C31H35N3O6/c1-4-7-16-39-30(37)34-19-21(17-26(34)27(35)33-31(18-20(31)5-2)29(36)38-6-3)40-28-24-14-9-8-12-22(24)23-13-10-11-15-25(23)32-28/h5,8-15,20-21,26H,2,4,6-7,16-19H2,1,3H3,(H,33,35)/t20-,21?,26?,31-/m1/s1. The minimum Gasteiger partial charge on any atom is -0.472 e. The number of nitrogens with one attached hydrogen (secondary N) is 1. The lowest BCUT2D eigenvalue weighted by Gasteiger charge is -2.25. The van der Waals surface area contributed by atoms with Gasteiger partial charge in [-0.15, -0.1) is 6.58 Å². The zero-order valence-electron chi connectivity index (χ0n) is 22.9. The van der Waals surface area contributed by atoms with Gasteiger partial charge in [0, 0.05) is 23.1 Å². The number of fused-ring (bicyclic) bond motifs is 3. The number of carbonyl (C=O) groups is 3. The first-order valence-corrected chi connectivity index (χ1v) is 13.9. The third kappa shape index (κ3) is 5.20. The van der Waals surface area contributed by atoms with Crippen molar-refractivity contribution in [1.82, 2.24) is 15.2 Å². The number of nitrogens with zero attached hydrogens (tertiary/aromatic N) is 2. The number of pyridine rings is 1. The minimum atomic E-state index is -1.17. The van der Waals surface area contributed by atoms with Crippen molar-refractivity contribution in [2.45, 2.75) is 57.2 Å². The number of ether oxygens (including phenoxy) is 3. The maximum Gasteiger partial charge on any atom is 0.410 e. The van der Waals surface area contributed by atoms with Crippen molar-refractivity contribution in [3.8, 4) is 5.88 Å². The Hall–Kier alpha value is -4.14. The summed E-state index contributed by atoms with van der Waals surface area (Å²) in [6.45, 7) is 8.11. The first-order valence-electron chi connectivity index (χ1n) is 13.9. The van der Waals surface area contributed by atoms with Gasteiger partial charge in [-0.3, -0.25) is 9.69 Å². The average molecular weight is 546 g/mol. The van der Waals surface area contributed by atoms with E-state index in [4.69, 9.17) is 19.2 Å². The molecule has 1 saturated carbocycles. The SMILES string of the molecule is C=C[C@@H]1C[C@]1(NC(=O)C1CC(Oc2nc3ccccc3c3ccccc23)CN1C(=O)OCCCC)C(=O)OCC.